The molecular formula is C15H14N2O7S. The van der Waals surface area contributed by atoms with Crippen molar-refractivity contribution in [2.45, 2.75) is 19.9 Å². The molecule has 1 aromatic carbocycles. The Kier molecular flexibility index (Phi) is 5.42. The minimum Gasteiger partial charge on any atom is -0.502 e. The summed E-state index contributed by atoms with van der Waals surface area (Å²) < 4.78 is 4.80. The first-order valence-corrected chi connectivity index (χ1v) is 7.99. The van der Waals surface area contributed by atoms with Gasteiger partial charge in [-0.1, -0.05) is 12.1 Å². The lowest BCUT2D eigenvalue weighted by atomic mass is 10.1. The van der Waals surface area contributed by atoms with E-state index in [1.165, 1.54) is 25.1 Å². The van der Waals surface area contributed by atoms with Crippen LogP contribution in [0.15, 0.2) is 23.1 Å². The summed E-state index contributed by atoms with van der Waals surface area (Å²) in [5, 5.41) is 20.1. The van der Waals surface area contributed by atoms with Crippen LogP contribution >= 0.6 is 11.8 Å². The van der Waals surface area contributed by atoms with Crippen molar-refractivity contribution in [3.63, 3.8) is 0 Å². The lowest BCUT2D eigenvalue weighted by molar-refractivity contribution is -0.385. The number of hydrogen-bond donors (Lipinski definition) is 1. The molecule has 1 fully saturated rings. The monoisotopic (exact) mass is 366 g/mol. The Balaban J connectivity index is 2.34. The van der Waals surface area contributed by atoms with E-state index in [9.17, 15) is 29.6 Å². The van der Waals surface area contributed by atoms with Crippen molar-refractivity contribution >= 4 is 40.6 Å². The lowest BCUT2D eigenvalue weighted by Gasteiger charge is -2.19. The minimum atomic E-state index is -1.10. The van der Waals surface area contributed by atoms with E-state index in [0.717, 1.165) is 11.0 Å². The van der Waals surface area contributed by atoms with Crippen LogP contribution in [0.3, 0.4) is 0 Å². The average Bonchev–Trinajstić information content (AvgIpc) is 2.82. The standard InChI is InChI=1S/C15H14N2O7S/c1-3-24-14(20)8(2)16-13(19)11(25-15(16)21)7-9-5-4-6-10(12(9)18)17(22)23/h4-8,18H,3H2,1-2H3/b11-7+/t8-/m1/s1. The van der Waals surface area contributed by atoms with E-state index >= 15 is 0 Å². The Bertz CT molecular complexity index is 790. The van der Waals surface area contributed by atoms with Crippen LogP contribution in [0.25, 0.3) is 6.08 Å². The highest BCUT2D eigenvalue weighted by Crippen LogP contribution is 2.37. The van der Waals surface area contributed by atoms with Gasteiger partial charge in [0.15, 0.2) is 0 Å². The molecule has 1 heterocycles. The number of phenolic OH excluding ortho intramolecular Hbond substituents is 1. The number of nitro groups is 1. The Labute approximate surface area is 146 Å². The van der Waals surface area contributed by atoms with Gasteiger partial charge >= 0.3 is 11.7 Å². The largest absolute Gasteiger partial charge is 0.502 e. The number of hydrogen-bond acceptors (Lipinski definition) is 8. The minimum absolute atomic E-state index is 0.0171. The number of nitrogens with zero attached hydrogens (tertiary/aromatic N) is 2. The number of para-hydroxylation sites is 1. The molecule has 25 heavy (non-hydrogen) atoms. The van der Waals surface area contributed by atoms with Crippen molar-refractivity contribution < 1.29 is 29.2 Å². The van der Waals surface area contributed by atoms with Crippen LogP contribution in [0.5, 0.6) is 5.75 Å². The van der Waals surface area contributed by atoms with Crippen LogP contribution in [-0.2, 0) is 14.3 Å². The summed E-state index contributed by atoms with van der Waals surface area (Å²) in [5.41, 5.74) is -0.503. The summed E-state index contributed by atoms with van der Waals surface area (Å²) in [7, 11) is 0. The average molecular weight is 366 g/mol. The van der Waals surface area contributed by atoms with Gasteiger partial charge in [0.05, 0.1) is 16.4 Å². The number of thioether (sulfide) groups is 1. The van der Waals surface area contributed by atoms with Gasteiger partial charge in [0.25, 0.3) is 11.1 Å². The fourth-order valence-corrected chi connectivity index (χ4v) is 3.03. The first-order valence-electron chi connectivity index (χ1n) is 7.18. The molecule has 0 bridgehead atoms. The summed E-state index contributed by atoms with van der Waals surface area (Å²) in [6.07, 6.45) is 1.17. The zero-order valence-corrected chi connectivity index (χ0v) is 14.1. The van der Waals surface area contributed by atoms with E-state index < -0.39 is 39.5 Å². The number of imide groups is 1. The van der Waals surface area contributed by atoms with E-state index in [1.807, 2.05) is 0 Å². The number of esters is 1. The number of amides is 2. The molecular weight excluding hydrogens is 352 g/mol. The number of carbonyl (C=O) groups excluding carboxylic acids is 3. The molecule has 2 rings (SSSR count). The Morgan fingerprint density at radius 3 is 2.76 bits per heavy atom. The van der Waals surface area contributed by atoms with Crippen molar-refractivity contribution in [1.29, 1.82) is 0 Å². The number of carbonyl (C=O) groups is 3. The van der Waals surface area contributed by atoms with Gasteiger partial charge < -0.3 is 9.84 Å². The molecule has 10 heteroatoms. The number of ether oxygens (including phenoxy) is 1. The number of rotatable bonds is 5. The van der Waals surface area contributed by atoms with Crippen LogP contribution in [0, 0.1) is 10.1 Å². The first-order chi connectivity index (χ1) is 11.8. The predicted octanol–water partition coefficient (Wildman–Crippen LogP) is 2.29. The second-order valence-electron chi connectivity index (χ2n) is 4.95. The summed E-state index contributed by atoms with van der Waals surface area (Å²) in [6, 6.07) is 2.72. The van der Waals surface area contributed by atoms with Gasteiger partial charge in [0.1, 0.15) is 6.04 Å². The second-order valence-corrected chi connectivity index (χ2v) is 5.95. The third kappa shape index (κ3) is 3.63. The molecule has 132 valence electrons. The van der Waals surface area contributed by atoms with Crippen molar-refractivity contribution in [3.8, 4) is 5.75 Å². The lowest BCUT2D eigenvalue weighted by Crippen LogP contribution is -2.42. The highest BCUT2D eigenvalue weighted by atomic mass is 32.2. The highest BCUT2D eigenvalue weighted by Gasteiger charge is 2.41. The zero-order valence-electron chi connectivity index (χ0n) is 13.3. The maximum atomic E-state index is 12.4. The fourth-order valence-electron chi connectivity index (χ4n) is 2.14. The number of nitro benzene ring substituents is 1. The Morgan fingerprint density at radius 1 is 1.48 bits per heavy atom. The van der Waals surface area contributed by atoms with Gasteiger partial charge in [-0.25, -0.2) is 4.79 Å². The molecule has 1 aromatic rings. The highest BCUT2D eigenvalue weighted by molar-refractivity contribution is 8.18. The topological polar surface area (TPSA) is 127 Å². The normalized spacial score (nSPS) is 17.0. The van der Waals surface area contributed by atoms with E-state index in [1.54, 1.807) is 6.92 Å². The van der Waals surface area contributed by atoms with Gasteiger partial charge in [-0.2, -0.15) is 0 Å². The number of phenols is 1. The Hall–Kier alpha value is -2.88. The maximum absolute atomic E-state index is 12.4. The van der Waals surface area contributed by atoms with Crippen molar-refractivity contribution in [2.75, 3.05) is 6.61 Å². The summed E-state index contributed by atoms with van der Waals surface area (Å²) >= 11 is 0.573. The molecule has 0 saturated carbocycles. The van der Waals surface area contributed by atoms with Gasteiger partial charge in [-0.15, -0.1) is 0 Å². The third-order valence-corrected chi connectivity index (χ3v) is 4.25. The van der Waals surface area contributed by atoms with E-state index in [2.05, 4.69) is 0 Å². The van der Waals surface area contributed by atoms with Crippen LogP contribution < -0.4 is 0 Å². The molecule has 0 radical (unpaired) electrons. The molecule has 1 N–H and O–H groups in total. The fraction of sp³-hybridized carbons (Fsp3) is 0.267. The molecule has 0 unspecified atom stereocenters. The molecule has 1 atom stereocenters. The van der Waals surface area contributed by atoms with Gasteiger partial charge in [0, 0.05) is 11.6 Å². The van der Waals surface area contributed by atoms with Gasteiger partial charge in [-0.3, -0.25) is 24.6 Å². The molecule has 1 aliphatic rings. The Morgan fingerprint density at radius 2 is 2.16 bits per heavy atom. The van der Waals surface area contributed by atoms with E-state index in [0.29, 0.717) is 11.8 Å². The molecule has 2 amide bonds. The number of benzene rings is 1. The summed E-state index contributed by atoms with van der Waals surface area (Å²) in [5.74, 6) is -2.07. The SMILES string of the molecule is CCOC(=O)[C@@H](C)N1C(=O)S/C(=C/c2cccc([N+](=O)[O-])c2O)C1=O. The zero-order chi connectivity index (χ0) is 18.7. The maximum Gasteiger partial charge on any atom is 0.329 e. The molecule has 1 saturated heterocycles. The van der Waals surface area contributed by atoms with Gasteiger partial charge in [-0.05, 0) is 31.7 Å². The van der Waals surface area contributed by atoms with Crippen molar-refractivity contribution in [2.24, 2.45) is 0 Å². The molecule has 9 nitrogen and oxygen atoms in total. The first kappa shape index (κ1) is 18.5. The molecule has 0 aliphatic carbocycles. The molecule has 0 aromatic heterocycles. The number of aromatic hydroxyl groups is 1. The quantitative estimate of drug-likeness (QED) is 0.364. The van der Waals surface area contributed by atoms with Gasteiger partial charge in [0.2, 0.25) is 5.75 Å². The third-order valence-electron chi connectivity index (χ3n) is 3.37. The summed E-state index contributed by atoms with van der Waals surface area (Å²) in [4.78, 5) is 47.0. The van der Waals surface area contributed by atoms with Crippen molar-refractivity contribution in [3.05, 3.63) is 38.8 Å². The van der Waals surface area contributed by atoms with Crippen LogP contribution in [0.4, 0.5) is 10.5 Å². The van der Waals surface area contributed by atoms with Crippen LogP contribution in [0.1, 0.15) is 19.4 Å². The molecule has 1 aliphatic heterocycles. The second kappa shape index (κ2) is 7.34. The van der Waals surface area contributed by atoms with Crippen LogP contribution in [0.2, 0.25) is 0 Å². The van der Waals surface area contributed by atoms with E-state index in [-0.39, 0.29) is 17.1 Å². The van der Waals surface area contributed by atoms with E-state index in [4.69, 9.17) is 4.74 Å². The smallest absolute Gasteiger partial charge is 0.329 e. The molecule has 0 spiro atoms. The van der Waals surface area contributed by atoms with Crippen LogP contribution in [-0.4, -0.2) is 44.7 Å². The summed E-state index contributed by atoms with van der Waals surface area (Å²) in [6.45, 7) is 3.07. The predicted molar refractivity (Wildman–Crippen MR) is 88.7 cm³/mol. The van der Waals surface area contributed by atoms with Crippen molar-refractivity contribution in [1.82, 2.24) is 4.90 Å².